The Morgan fingerprint density at radius 2 is 1.68 bits per heavy atom. The minimum Gasteiger partial charge on any atom is -0.341 e. The van der Waals surface area contributed by atoms with Crippen LogP contribution in [0, 0.1) is 13.8 Å². The van der Waals surface area contributed by atoms with Crippen LogP contribution in [0.25, 0.3) is 0 Å². The highest BCUT2D eigenvalue weighted by molar-refractivity contribution is 7.92. The normalized spacial score (nSPS) is 14.8. The van der Waals surface area contributed by atoms with Gasteiger partial charge in [-0.3, -0.25) is 4.72 Å². The molecule has 0 radical (unpaired) electrons. The second kappa shape index (κ2) is 6.97. The molecule has 1 N–H and O–H groups in total. The Morgan fingerprint density at radius 1 is 1.08 bits per heavy atom. The lowest BCUT2D eigenvalue weighted by Gasteiger charge is -2.19. The molecular weight excluding hydrogens is 383 g/mol. The van der Waals surface area contributed by atoms with Gasteiger partial charge in [-0.05, 0) is 44.9 Å². The Balaban J connectivity index is 1.95. The summed E-state index contributed by atoms with van der Waals surface area (Å²) in [5.41, 5.74) is 1.49. The summed E-state index contributed by atoms with van der Waals surface area (Å²) in [4.78, 5) is 10.9. The number of aromatic nitrogens is 2. The van der Waals surface area contributed by atoms with Crippen LogP contribution in [-0.2, 0) is 10.0 Å². The highest BCUT2D eigenvalue weighted by atomic mass is 35.5. The predicted octanol–water partition coefficient (Wildman–Crippen LogP) is 3.80. The van der Waals surface area contributed by atoms with Gasteiger partial charge in [0.1, 0.15) is 4.90 Å². The van der Waals surface area contributed by atoms with Crippen LogP contribution in [-0.4, -0.2) is 31.5 Å². The Morgan fingerprint density at radius 3 is 2.28 bits per heavy atom. The number of nitrogens with zero attached hydrogens (tertiary/aromatic N) is 3. The second-order valence-electron chi connectivity index (χ2n) is 5.94. The van der Waals surface area contributed by atoms with Gasteiger partial charge in [-0.2, -0.15) is 0 Å². The summed E-state index contributed by atoms with van der Waals surface area (Å²) in [7, 11) is -3.90. The molecular formula is C16H18Cl2N4O2S. The summed E-state index contributed by atoms with van der Waals surface area (Å²) in [6, 6.07) is 4.30. The van der Waals surface area contributed by atoms with Crippen molar-refractivity contribution in [2.24, 2.45) is 0 Å². The molecule has 1 aliphatic rings. The van der Waals surface area contributed by atoms with Crippen LogP contribution in [0.15, 0.2) is 23.1 Å². The van der Waals surface area contributed by atoms with Crippen LogP contribution in [0.1, 0.15) is 24.2 Å². The number of rotatable bonds is 4. The van der Waals surface area contributed by atoms with Crippen molar-refractivity contribution in [2.75, 3.05) is 22.7 Å². The van der Waals surface area contributed by atoms with Gasteiger partial charge in [-0.15, -0.1) is 0 Å². The van der Waals surface area contributed by atoms with Gasteiger partial charge in [0.05, 0.1) is 22.1 Å². The molecule has 3 rings (SSSR count). The van der Waals surface area contributed by atoms with Crippen molar-refractivity contribution >= 4 is 44.9 Å². The maximum atomic E-state index is 12.7. The number of benzene rings is 1. The van der Waals surface area contributed by atoms with Crippen LogP contribution in [0.2, 0.25) is 10.0 Å². The minimum absolute atomic E-state index is 0.0795. The molecule has 0 saturated carbocycles. The van der Waals surface area contributed by atoms with Gasteiger partial charge in [0.2, 0.25) is 5.95 Å². The first-order valence-electron chi connectivity index (χ1n) is 7.86. The number of nitrogens with one attached hydrogen (secondary N) is 1. The van der Waals surface area contributed by atoms with E-state index in [9.17, 15) is 8.42 Å². The van der Waals surface area contributed by atoms with Crippen LogP contribution >= 0.6 is 23.2 Å². The Hall–Kier alpha value is -1.57. The summed E-state index contributed by atoms with van der Waals surface area (Å²) in [6.07, 6.45) is 2.23. The van der Waals surface area contributed by atoms with E-state index >= 15 is 0 Å². The smallest absolute Gasteiger partial charge is 0.263 e. The number of halogens is 2. The highest BCUT2D eigenvalue weighted by Crippen LogP contribution is 2.29. The fourth-order valence-corrected chi connectivity index (χ4v) is 4.72. The summed E-state index contributed by atoms with van der Waals surface area (Å²) in [5.74, 6) is 0.635. The Labute approximate surface area is 157 Å². The zero-order valence-corrected chi connectivity index (χ0v) is 16.2. The molecule has 0 unspecified atom stereocenters. The molecule has 0 amide bonds. The molecule has 0 spiro atoms. The molecule has 1 aromatic carbocycles. The van der Waals surface area contributed by atoms with E-state index in [-0.39, 0.29) is 9.92 Å². The fourth-order valence-electron chi connectivity index (χ4n) is 2.78. The molecule has 0 atom stereocenters. The van der Waals surface area contributed by atoms with Crippen molar-refractivity contribution in [3.63, 3.8) is 0 Å². The van der Waals surface area contributed by atoms with E-state index in [0.29, 0.717) is 28.0 Å². The third kappa shape index (κ3) is 3.83. The first kappa shape index (κ1) is 18.2. The molecule has 1 aliphatic heterocycles. The number of aryl methyl sites for hydroxylation is 2. The SMILES string of the molecule is Cc1nc(N2CCCC2)nc(C)c1NS(=O)(=O)c1cc(Cl)ccc1Cl. The average Bonchev–Trinajstić information content (AvgIpc) is 3.07. The quantitative estimate of drug-likeness (QED) is 0.844. The van der Waals surface area contributed by atoms with E-state index in [4.69, 9.17) is 23.2 Å². The molecule has 0 aliphatic carbocycles. The van der Waals surface area contributed by atoms with Crippen molar-refractivity contribution in [1.82, 2.24) is 9.97 Å². The number of hydrogen-bond donors (Lipinski definition) is 1. The van der Waals surface area contributed by atoms with Crippen molar-refractivity contribution in [2.45, 2.75) is 31.6 Å². The lowest BCUT2D eigenvalue weighted by molar-refractivity contribution is 0.601. The van der Waals surface area contributed by atoms with Crippen molar-refractivity contribution in [3.05, 3.63) is 39.6 Å². The highest BCUT2D eigenvalue weighted by Gasteiger charge is 2.23. The Kier molecular flexibility index (Phi) is 5.09. The van der Waals surface area contributed by atoms with Gasteiger partial charge in [-0.25, -0.2) is 18.4 Å². The van der Waals surface area contributed by atoms with Crippen molar-refractivity contribution < 1.29 is 8.42 Å². The maximum Gasteiger partial charge on any atom is 0.263 e. The van der Waals surface area contributed by atoms with E-state index in [0.717, 1.165) is 25.9 Å². The van der Waals surface area contributed by atoms with Gasteiger partial charge in [-0.1, -0.05) is 23.2 Å². The number of sulfonamides is 1. The first-order chi connectivity index (χ1) is 11.8. The molecule has 6 nitrogen and oxygen atoms in total. The molecule has 2 aromatic rings. The number of hydrogen-bond acceptors (Lipinski definition) is 5. The van der Waals surface area contributed by atoms with E-state index in [1.165, 1.54) is 18.2 Å². The molecule has 1 fully saturated rings. The van der Waals surface area contributed by atoms with Crippen molar-refractivity contribution in [1.29, 1.82) is 0 Å². The summed E-state index contributed by atoms with van der Waals surface area (Å²) < 4.78 is 27.9. The molecule has 134 valence electrons. The average molecular weight is 401 g/mol. The second-order valence-corrected chi connectivity index (χ2v) is 8.44. The van der Waals surface area contributed by atoms with Gasteiger partial charge >= 0.3 is 0 Å². The summed E-state index contributed by atoms with van der Waals surface area (Å²) >= 11 is 11.9. The van der Waals surface area contributed by atoms with E-state index in [1.807, 2.05) is 0 Å². The maximum absolute atomic E-state index is 12.7. The fraction of sp³-hybridized carbons (Fsp3) is 0.375. The zero-order chi connectivity index (χ0) is 18.2. The van der Waals surface area contributed by atoms with Crippen LogP contribution in [0.4, 0.5) is 11.6 Å². The van der Waals surface area contributed by atoms with Gasteiger partial charge in [0, 0.05) is 18.1 Å². The zero-order valence-electron chi connectivity index (χ0n) is 13.9. The molecule has 0 bridgehead atoms. The molecule has 2 heterocycles. The summed E-state index contributed by atoms with van der Waals surface area (Å²) in [6.45, 7) is 5.35. The van der Waals surface area contributed by atoms with E-state index in [1.54, 1.807) is 13.8 Å². The Bertz CT molecular complexity index is 889. The van der Waals surface area contributed by atoms with Gasteiger partial charge < -0.3 is 4.90 Å². The van der Waals surface area contributed by atoms with E-state index in [2.05, 4.69) is 19.6 Å². The lowest BCUT2D eigenvalue weighted by Crippen LogP contribution is -2.22. The molecule has 1 saturated heterocycles. The third-order valence-corrected chi connectivity index (χ3v) is 6.13. The summed E-state index contributed by atoms with van der Waals surface area (Å²) in [5, 5.41) is 0.390. The number of anilines is 2. The topological polar surface area (TPSA) is 75.2 Å². The largest absolute Gasteiger partial charge is 0.341 e. The van der Waals surface area contributed by atoms with Crippen LogP contribution in [0.5, 0.6) is 0 Å². The standard InChI is InChI=1S/C16H18Cl2N4O2S/c1-10-15(11(2)20-16(19-10)22-7-3-4-8-22)21-25(23,24)14-9-12(17)5-6-13(14)18/h5-6,9,21H,3-4,7-8H2,1-2H3. The monoisotopic (exact) mass is 400 g/mol. The van der Waals surface area contributed by atoms with Gasteiger partial charge in [0.15, 0.2) is 0 Å². The van der Waals surface area contributed by atoms with Crippen LogP contribution < -0.4 is 9.62 Å². The van der Waals surface area contributed by atoms with Gasteiger partial charge in [0.25, 0.3) is 10.0 Å². The van der Waals surface area contributed by atoms with Crippen molar-refractivity contribution in [3.8, 4) is 0 Å². The minimum atomic E-state index is -3.90. The molecule has 1 aromatic heterocycles. The molecule has 9 heteroatoms. The van der Waals surface area contributed by atoms with E-state index < -0.39 is 10.0 Å². The van der Waals surface area contributed by atoms with Crippen LogP contribution in [0.3, 0.4) is 0 Å². The predicted molar refractivity (Wildman–Crippen MR) is 100 cm³/mol. The molecule has 25 heavy (non-hydrogen) atoms. The first-order valence-corrected chi connectivity index (χ1v) is 10.1. The lowest BCUT2D eigenvalue weighted by atomic mass is 10.3. The third-order valence-electron chi connectivity index (χ3n) is 4.07.